The van der Waals surface area contributed by atoms with Gasteiger partial charge in [-0.25, -0.2) is 0 Å². The summed E-state index contributed by atoms with van der Waals surface area (Å²) in [5, 5.41) is 2.12. The van der Waals surface area contributed by atoms with Gasteiger partial charge < -0.3 is 5.73 Å². The second kappa shape index (κ2) is 5.74. The first kappa shape index (κ1) is 14.7. The summed E-state index contributed by atoms with van der Waals surface area (Å²) in [6.45, 7) is 1.69. The highest BCUT2D eigenvalue weighted by Crippen LogP contribution is 2.21. The van der Waals surface area contributed by atoms with Crippen LogP contribution < -0.4 is 11.1 Å². The van der Waals surface area contributed by atoms with Gasteiger partial charge in [-0.15, -0.1) is 0 Å². The van der Waals surface area contributed by atoms with Crippen LogP contribution in [0.25, 0.3) is 0 Å². The van der Waals surface area contributed by atoms with Crippen molar-refractivity contribution in [3.8, 4) is 0 Å². The van der Waals surface area contributed by atoms with Crippen molar-refractivity contribution >= 4 is 29.8 Å². The molecule has 4 amide bonds. The van der Waals surface area contributed by atoms with Crippen LogP contribution >= 0.6 is 0 Å². The van der Waals surface area contributed by atoms with Crippen LogP contribution in [-0.2, 0) is 14.4 Å². The van der Waals surface area contributed by atoms with Gasteiger partial charge in [0.05, 0.1) is 5.56 Å². The van der Waals surface area contributed by atoms with E-state index in [4.69, 9.17) is 5.73 Å². The Labute approximate surface area is 121 Å². The first-order chi connectivity index (χ1) is 9.95. The van der Waals surface area contributed by atoms with Gasteiger partial charge in [0.15, 0.2) is 0 Å². The monoisotopic (exact) mass is 289 g/mol. The predicted molar refractivity (Wildman–Crippen MR) is 74.0 cm³/mol. The third-order valence-corrected chi connectivity index (χ3v) is 3.41. The normalized spacial score (nSPS) is 18.0. The molecule has 0 aliphatic carbocycles. The van der Waals surface area contributed by atoms with E-state index in [1.807, 2.05) is 0 Å². The Morgan fingerprint density at radius 1 is 1.43 bits per heavy atom. The summed E-state index contributed by atoms with van der Waals surface area (Å²) in [6, 6.07) is 3.94. The number of aryl methyl sites for hydroxylation is 1. The number of hydrogen-bond acceptors (Lipinski definition) is 5. The van der Waals surface area contributed by atoms with Gasteiger partial charge >= 0.3 is 0 Å². The summed E-state index contributed by atoms with van der Waals surface area (Å²) in [7, 11) is 0. The number of nitrogens with one attached hydrogen (secondary N) is 1. The largest absolute Gasteiger partial charge is 0.398 e. The first-order valence-corrected chi connectivity index (χ1v) is 6.42. The van der Waals surface area contributed by atoms with E-state index in [0.29, 0.717) is 12.0 Å². The smallest absolute Gasteiger partial charge is 0.263 e. The SMILES string of the molecule is Cc1cccc(N)c1C(=O)N(C=O)C1CCC(=O)NC1=O. The molecule has 110 valence electrons. The first-order valence-electron chi connectivity index (χ1n) is 6.42. The van der Waals surface area contributed by atoms with Crippen molar-refractivity contribution in [2.45, 2.75) is 25.8 Å². The van der Waals surface area contributed by atoms with E-state index in [1.54, 1.807) is 25.1 Å². The minimum absolute atomic E-state index is 0.0806. The molecule has 21 heavy (non-hydrogen) atoms. The number of piperidine rings is 1. The molecule has 1 aromatic rings. The van der Waals surface area contributed by atoms with Crippen molar-refractivity contribution in [1.82, 2.24) is 10.2 Å². The van der Waals surface area contributed by atoms with Crippen LogP contribution in [0.5, 0.6) is 0 Å². The molecular formula is C14H15N3O4. The lowest BCUT2D eigenvalue weighted by Gasteiger charge is -2.29. The van der Waals surface area contributed by atoms with Gasteiger partial charge in [0, 0.05) is 12.1 Å². The Kier molecular flexibility index (Phi) is 4.02. The molecule has 1 fully saturated rings. The molecule has 1 heterocycles. The Morgan fingerprint density at radius 3 is 2.71 bits per heavy atom. The molecule has 1 aromatic carbocycles. The second-order valence-electron chi connectivity index (χ2n) is 4.82. The molecule has 0 bridgehead atoms. The number of nitrogens with zero attached hydrogens (tertiary/aromatic N) is 1. The Hall–Kier alpha value is -2.70. The molecule has 7 nitrogen and oxygen atoms in total. The van der Waals surface area contributed by atoms with Crippen molar-refractivity contribution in [2.75, 3.05) is 5.73 Å². The number of nitrogens with two attached hydrogens (primary N) is 1. The molecular weight excluding hydrogens is 274 g/mol. The summed E-state index contributed by atoms with van der Waals surface area (Å²) in [6.07, 6.45) is 0.493. The van der Waals surface area contributed by atoms with Gasteiger partial charge in [-0.2, -0.15) is 0 Å². The van der Waals surface area contributed by atoms with Crippen LogP contribution in [0.3, 0.4) is 0 Å². The lowest BCUT2D eigenvalue weighted by Crippen LogP contribution is -2.54. The van der Waals surface area contributed by atoms with Crippen LogP contribution in [0.4, 0.5) is 5.69 Å². The van der Waals surface area contributed by atoms with Gasteiger partial charge in [0.25, 0.3) is 5.91 Å². The number of hydrogen-bond donors (Lipinski definition) is 2. The molecule has 0 spiro atoms. The number of amides is 4. The summed E-state index contributed by atoms with van der Waals surface area (Å²) in [5.41, 5.74) is 6.82. The minimum Gasteiger partial charge on any atom is -0.398 e. The maximum atomic E-state index is 12.5. The lowest BCUT2D eigenvalue weighted by atomic mass is 10.0. The highest BCUT2D eigenvalue weighted by atomic mass is 16.2. The number of carbonyl (C=O) groups is 4. The lowest BCUT2D eigenvalue weighted by molar-refractivity contribution is -0.139. The molecule has 3 N–H and O–H groups in total. The minimum atomic E-state index is -0.994. The Bertz CT molecular complexity index is 606. The second-order valence-corrected chi connectivity index (χ2v) is 4.82. The van der Waals surface area contributed by atoms with Crippen molar-refractivity contribution in [3.63, 3.8) is 0 Å². The maximum absolute atomic E-state index is 12.5. The molecule has 1 aliphatic heterocycles. The number of rotatable bonds is 3. The maximum Gasteiger partial charge on any atom is 0.263 e. The van der Waals surface area contributed by atoms with Crippen LogP contribution in [-0.4, -0.2) is 35.1 Å². The summed E-state index contributed by atoms with van der Waals surface area (Å²) in [4.78, 5) is 47.5. The molecule has 7 heteroatoms. The zero-order chi connectivity index (χ0) is 15.6. The molecule has 0 radical (unpaired) electrons. The van der Waals surface area contributed by atoms with E-state index in [0.717, 1.165) is 4.90 Å². The highest BCUT2D eigenvalue weighted by molar-refractivity contribution is 6.09. The summed E-state index contributed by atoms with van der Waals surface area (Å²) >= 11 is 0. The fourth-order valence-electron chi connectivity index (χ4n) is 2.32. The zero-order valence-electron chi connectivity index (χ0n) is 11.5. The molecule has 1 atom stereocenters. The van der Waals surface area contributed by atoms with Crippen molar-refractivity contribution in [1.29, 1.82) is 0 Å². The van der Waals surface area contributed by atoms with E-state index >= 15 is 0 Å². The molecule has 2 rings (SSSR count). The average Bonchev–Trinajstić information content (AvgIpc) is 2.41. The summed E-state index contributed by atoms with van der Waals surface area (Å²) in [5.74, 6) is -1.71. The predicted octanol–water partition coefficient (Wildman–Crippen LogP) is -0.0190. The number of benzene rings is 1. The van der Waals surface area contributed by atoms with Gasteiger partial charge in [0.1, 0.15) is 6.04 Å². The topological polar surface area (TPSA) is 110 Å². The van der Waals surface area contributed by atoms with Crippen molar-refractivity contribution in [3.05, 3.63) is 29.3 Å². The van der Waals surface area contributed by atoms with Gasteiger partial charge in [-0.3, -0.25) is 29.4 Å². The van der Waals surface area contributed by atoms with Crippen molar-refractivity contribution in [2.24, 2.45) is 0 Å². The fraction of sp³-hybridized carbons (Fsp3) is 0.286. The Balaban J connectivity index is 2.33. The van der Waals surface area contributed by atoms with Crippen LogP contribution in [0, 0.1) is 6.92 Å². The number of imide groups is 2. The molecule has 1 unspecified atom stereocenters. The molecule has 0 aromatic heterocycles. The van der Waals surface area contributed by atoms with E-state index < -0.39 is 23.8 Å². The standard InChI is InChI=1S/C14H15N3O4/c1-8-3-2-4-9(15)12(8)14(21)17(7-18)10-5-6-11(19)16-13(10)20/h2-4,7,10H,5-6,15H2,1H3,(H,16,19,20). The fourth-order valence-corrected chi connectivity index (χ4v) is 2.32. The zero-order valence-corrected chi connectivity index (χ0v) is 11.5. The van der Waals surface area contributed by atoms with Crippen molar-refractivity contribution < 1.29 is 19.2 Å². The summed E-state index contributed by atoms with van der Waals surface area (Å²) < 4.78 is 0. The van der Waals surface area contributed by atoms with E-state index in [2.05, 4.69) is 5.32 Å². The number of carbonyl (C=O) groups excluding carboxylic acids is 4. The quantitative estimate of drug-likeness (QED) is 0.462. The van der Waals surface area contributed by atoms with E-state index in [9.17, 15) is 19.2 Å². The molecule has 1 saturated heterocycles. The number of nitrogen functional groups attached to an aromatic ring is 1. The van der Waals surface area contributed by atoms with Crippen LogP contribution in [0.1, 0.15) is 28.8 Å². The molecule has 0 saturated carbocycles. The van der Waals surface area contributed by atoms with E-state index in [-0.39, 0.29) is 24.1 Å². The van der Waals surface area contributed by atoms with Gasteiger partial charge in [0.2, 0.25) is 18.2 Å². The molecule has 1 aliphatic rings. The van der Waals surface area contributed by atoms with E-state index in [1.165, 1.54) is 0 Å². The highest BCUT2D eigenvalue weighted by Gasteiger charge is 2.35. The van der Waals surface area contributed by atoms with Gasteiger partial charge in [-0.05, 0) is 25.0 Å². The van der Waals surface area contributed by atoms with Gasteiger partial charge in [-0.1, -0.05) is 12.1 Å². The third kappa shape index (κ3) is 2.76. The average molecular weight is 289 g/mol. The third-order valence-electron chi connectivity index (χ3n) is 3.41. The van der Waals surface area contributed by atoms with Crippen LogP contribution in [0.2, 0.25) is 0 Å². The van der Waals surface area contributed by atoms with Crippen LogP contribution in [0.15, 0.2) is 18.2 Å². The number of anilines is 1. The Morgan fingerprint density at radius 2 is 2.14 bits per heavy atom.